The first-order valence-corrected chi connectivity index (χ1v) is 5.96. The predicted octanol–water partition coefficient (Wildman–Crippen LogP) is 2.91. The van der Waals surface area contributed by atoms with Crippen LogP contribution in [-0.4, -0.2) is 5.97 Å². The van der Waals surface area contributed by atoms with Crippen molar-refractivity contribution in [3.05, 3.63) is 29.8 Å². The highest BCUT2D eigenvalue weighted by Gasteiger charge is 2.52. The third kappa shape index (κ3) is 1.16. The van der Waals surface area contributed by atoms with Crippen LogP contribution in [-0.2, 0) is 10.2 Å². The van der Waals surface area contributed by atoms with E-state index in [1.165, 1.54) is 12.8 Å². The van der Waals surface area contributed by atoms with Gasteiger partial charge in [0, 0.05) is 5.56 Å². The van der Waals surface area contributed by atoms with Crippen LogP contribution in [0.1, 0.15) is 32.3 Å². The van der Waals surface area contributed by atoms with Crippen LogP contribution in [0.3, 0.4) is 0 Å². The maximum atomic E-state index is 12.1. The van der Waals surface area contributed by atoms with E-state index in [2.05, 4.69) is 6.92 Å². The summed E-state index contributed by atoms with van der Waals surface area (Å²) in [5, 5.41) is 0. The van der Waals surface area contributed by atoms with Crippen LogP contribution in [0.5, 0.6) is 5.75 Å². The van der Waals surface area contributed by atoms with Gasteiger partial charge in [-0.25, -0.2) is 0 Å². The molecule has 3 rings (SSSR count). The van der Waals surface area contributed by atoms with E-state index in [0.717, 1.165) is 11.3 Å². The number of hydrogen-bond donors (Lipinski definition) is 0. The van der Waals surface area contributed by atoms with Crippen LogP contribution in [0.4, 0.5) is 0 Å². The zero-order chi connectivity index (χ0) is 11.3. The number of ether oxygens (including phenoxy) is 1. The Kier molecular flexibility index (Phi) is 1.91. The molecule has 1 heterocycles. The normalized spacial score (nSPS) is 29.8. The molecule has 0 N–H and O–H groups in total. The molecule has 1 saturated carbocycles. The Hall–Kier alpha value is -1.31. The van der Waals surface area contributed by atoms with Crippen LogP contribution < -0.4 is 4.74 Å². The fourth-order valence-corrected chi connectivity index (χ4v) is 2.80. The van der Waals surface area contributed by atoms with Gasteiger partial charge in [0.15, 0.2) is 0 Å². The van der Waals surface area contributed by atoms with Crippen molar-refractivity contribution in [1.29, 1.82) is 0 Å². The molecule has 16 heavy (non-hydrogen) atoms. The molecule has 0 aromatic heterocycles. The first-order chi connectivity index (χ1) is 7.64. The van der Waals surface area contributed by atoms with Crippen molar-refractivity contribution in [3.8, 4) is 5.75 Å². The number of fused-ring (bicyclic) bond motifs is 1. The van der Waals surface area contributed by atoms with Crippen molar-refractivity contribution in [3.63, 3.8) is 0 Å². The Balaban J connectivity index is 2.08. The molecule has 0 radical (unpaired) electrons. The van der Waals surface area contributed by atoms with Gasteiger partial charge in [-0.1, -0.05) is 25.1 Å². The summed E-state index contributed by atoms with van der Waals surface area (Å²) < 4.78 is 5.38. The monoisotopic (exact) mass is 216 g/mol. The molecule has 0 saturated heterocycles. The van der Waals surface area contributed by atoms with Crippen molar-refractivity contribution in [1.82, 2.24) is 0 Å². The lowest BCUT2D eigenvalue weighted by Gasteiger charge is -2.28. The second-order valence-corrected chi connectivity index (χ2v) is 5.21. The highest BCUT2D eigenvalue weighted by atomic mass is 16.5. The number of carbonyl (C=O) groups is 1. The Bertz CT molecular complexity index is 448. The number of rotatable bonds is 2. The van der Waals surface area contributed by atoms with Gasteiger partial charge in [-0.05, 0) is 37.7 Å². The number of esters is 1. The summed E-state index contributed by atoms with van der Waals surface area (Å²) in [6.45, 7) is 4.21. The summed E-state index contributed by atoms with van der Waals surface area (Å²) in [5.74, 6) is 1.75. The quantitative estimate of drug-likeness (QED) is 0.561. The summed E-state index contributed by atoms with van der Waals surface area (Å²) in [6.07, 6.45) is 2.51. The molecule has 1 fully saturated rings. The molecule has 0 spiro atoms. The molecular weight excluding hydrogens is 200 g/mol. The van der Waals surface area contributed by atoms with Crippen molar-refractivity contribution in [2.75, 3.05) is 0 Å². The lowest BCUT2D eigenvalue weighted by molar-refractivity contribution is -0.139. The topological polar surface area (TPSA) is 26.3 Å². The Morgan fingerprint density at radius 1 is 1.38 bits per heavy atom. The molecule has 2 unspecified atom stereocenters. The minimum Gasteiger partial charge on any atom is -0.426 e. The third-order valence-electron chi connectivity index (χ3n) is 4.31. The molecule has 1 aromatic carbocycles. The highest BCUT2D eigenvalue weighted by Crippen LogP contribution is 2.51. The van der Waals surface area contributed by atoms with Crippen molar-refractivity contribution in [2.24, 2.45) is 11.8 Å². The molecular formula is C14H16O2. The van der Waals surface area contributed by atoms with Gasteiger partial charge in [-0.3, -0.25) is 4.79 Å². The second-order valence-electron chi connectivity index (χ2n) is 5.21. The van der Waals surface area contributed by atoms with Crippen LogP contribution in [0.25, 0.3) is 0 Å². The summed E-state index contributed by atoms with van der Waals surface area (Å²) in [7, 11) is 0. The van der Waals surface area contributed by atoms with E-state index in [4.69, 9.17) is 4.74 Å². The molecule has 2 atom stereocenters. The molecule has 1 aliphatic carbocycles. The molecule has 1 aromatic rings. The molecule has 2 aliphatic rings. The van der Waals surface area contributed by atoms with E-state index in [1.807, 2.05) is 31.2 Å². The largest absolute Gasteiger partial charge is 0.426 e. The second kappa shape index (κ2) is 3.09. The van der Waals surface area contributed by atoms with E-state index >= 15 is 0 Å². The molecule has 1 aliphatic heterocycles. The number of para-hydroxylation sites is 1. The van der Waals surface area contributed by atoms with Gasteiger partial charge in [0.05, 0.1) is 5.41 Å². The van der Waals surface area contributed by atoms with E-state index in [1.54, 1.807) is 0 Å². The molecule has 2 heteroatoms. The summed E-state index contributed by atoms with van der Waals surface area (Å²) in [5.41, 5.74) is 0.636. The van der Waals surface area contributed by atoms with Gasteiger partial charge in [0.2, 0.25) is 0 Å². The summed E-state index contributed by atoms with van der Waals surface area (Å²) in [4.78, 5) is 12.1. The lowest BCUT2D eigenvalue weighted by Crippen LogP contribution is -2.38. The van der Waals surface area contributed by atoms with E-state index in [0.29, 0.717) is 11.8 Å². The number of benzene rings is 1. The van der Waals surface area contributed by atoms with Crippen LogP contribution in [0.15, 0.2) is 24.3 Å². The van der Waals surface area contributed by atoms with Crippen molar-refractivity contribution < 1.29 is 9.53 Å². The van der Waals surface area contributed by atoms with Gasteiger partial charge >= 0.3 is 5.97 Å². The fraction of sp³-hybridized carbons (Fsp3) is 0.500. The van der Waals surface area contributed by atoms with Gasteiger partial charge in [0.1, 0.15) is 5.75 Å². The minimum atomic E-state index is -0.433. The zero-order valence-electron chi connectivity index (χ0n) is 9.69. The average molecular weight is 216 g/mol. The van der Waals surface area contributed by atoms with E-state index in [9.17, 15) is 4.79 Å². The zero-order valence-corrected chi connectivity index (χ0v) is 9.69. The summed E-state index contributed by atoms with van der Waals surface area (Å²) in [6, 6.07) is 7.82. The summed E-state index contributed by atoms with van der Waals surface area (Å²) >= 11 is 0. The molecule has 0 amide bonds. The SMILES string of the molecule is CC(C1CC1)C1(C)C(=O)Oc2ccccc21. The first kappa shape index (κ1) is 9.88. The Labute approximate surface area is 95.6 Å². The highest BCUT2D eigenvalue weighted by molar-refractivity contribution is 5.90. The Morgan fingerprint density at radius 2 is 2.06 bits per heavy atom. The molecule has 84 valence electrons. The van der Waals surface area contributed by atoms with E-state index in [-0.39, 0.29) is 5.97 Å². The minimum absolute atomic E-state index is 0.0758. The van der Waals surface area contributed by atoms with Crippen molar-refractivity contribution in [2.45, 2.75) is 32.1 Å². The standard InChI is InChI=1S/C14H16O2/c1-9(10-7-8-10)14(2)11-5-3-4-6-12(11)16-13(14)15/h3-6,9-10H,7-8H2,1-2H3. The van der Waals surface area contributed by atoms with Crippen molar-refractivity contribution >= 4 is 5.97 Å². The van der Waals surface area contributed by atoms with Gasteiger partial charge in [-0.15, -0.1) is 0 Å². The maximum Gasteiger partial charge on any atom is 0.322 e. The fourth-order valence-electron chi connectivity index (χ4n) is 2.80. The maximum absolute atomic E-state index is 12.1. The smallest absolute Gasteiger partial charge is 0.322 e. The van der Waals surface area contributed by atoms with Gasteiger partial charge < -0.3 is 4.74 Å². The number of hydrogen-bond acceptors (Lipinski definition) is 2. The lowest BCUT2D eigenvalue weighted by atomic mass is 9.71. The van der Waals surface area contributed by atoms with E-state index < -0.39 is 5.41 Å². The average Bonchev–Trinajstić information content (AvgIpc) is 3.08. The molecule has 2 nitrogen and oxygen atoms in total. The predicted molar refractivity (Wildman–Crippen MR) is 61.3 cm³/mol. The van der Waals surface area contributed by atoms with Crippen LogP contribution in [0.2, 0.25) is 0 Å². The Morgan fingerprint density at radius 3 is 2.75 bits per heavy atom. The third-order valence-corrected chi connectivity index (χ3v) is 4.31. The first-order valence-electron chi connectivity index (χ1n) is 5.96. The van der Waals surface area contributed by atoms with Crippen LogP contribution in [0, 0.1) is 11.8 Å². The van der Waals surface area contributed by atoms with Gasteiger partial charge in [-0.2, -0.15) is 0 Å². The van der Waals surface area contributed by atoms with Gasteiger partial charge in [0.25, 0.3) is 0 Å². The molecule has 0 bridgehead atoms. The van der Waals surface area contributed by atoms with Crippen LogP contribution >= 0.6 is 0 Å². The number of carbonyl (C=O) groups excluding carboxylic acids is 1.